The molecule has 0 N–H and O–H groups in total. The molecule has 9 heteroatoms. The van der Waals surface area contributed by atoms with Crippen molar-refractivity contribution in [1.29, 1.82) is 0 Å². The molecule has 0 radical (unpaired) electrons. The van der Waals surface area contributed by atoms with E-state index in [9.17, 15) is 13.2 Å². The molecule has 124 valence electrons. The van der Waals surface area contributed by atoms with Gasteiger partial charge in [-0.15, -0.1) is 0 Å². The Morgan fingerprint density at radius 1 is 1.26 bits per heavy atom. The van der Waals surface area contributed by atoms with Crippen molar-refractivity contribution in [3.8, 4) is 0 Å². The average Bonchev–Trinajstić information content (AvgIpc) is 3.08. The summed E-state index contributed by atoms with van der Waals surface area (Å²) in [6.45, 7) is 3.12. The molecule has 0 unspecified atom stereocenters. The number of rotatable bonds is 2. The van der Waals surface area contributed by atoms with Crippen LogP contribution in [0.2, 0.25) is 0 Å². The molecule has 1 aromatic rings. The second kappa shape index (κ2) is 5.41. The van der Waals surface area contributed by atoms with Crippen molar-refractivity contribution < 1.29 is 17.9 Å². The lowest BCUT2D eigenvalue weighted by molar-refractivity contribution is 0.0721. The number of carbonyl (C=O) groups is 1. The van der Waals surface area contributed by atoms with Crippen molar-refractivity contribution >= 4 is 21.7 Å². The lowest BCUT2D eigenvalue weighted by atomic mass is 10.2. The van der Waals surface area contributed by atoms with Gasteiger partial charge in [-0.2, -0.15) is 0 Å². The van der Waals surface area contributed by atoms with E-state index >= 15 is 0 Å². The Morgan fingerprint density at radius 2 is 2.04 bits per heavy atom. The highest BCUT2D eigenvalue weighted by molar-refractivity contribution is 7.91. The van der Waals surface area contributed by atoms with E-state index < -0.39 is 9.84 Å². The minimum absolute atomic E-state index is 0.0521. The molecule has 4 rings (SSSR count). The van der Waals surface area contributed by atoms with E-state index in [1.54, 1.807) is 11.1 Å². The smallest absolute Gasteiger partial charge is 0.257 e. The van der Waals surface area contributed by atoms with E-state index in [2.05, 4.69) is 9.97 Å². The number of ether oxygens (including phenoxy) is 1. The topological polar surface area (TPSA) is 92.7 Å². The Hall–Kier alpha value is -1.74. The second-order valence-electron chi connectivity index (χ2n) is 6.12. The predicted octanol–water partition coefficient (Wildman–Crippen LogP) is -0.544. The number of aromatic nitrogens is 2. The Bertz CT molecular complexity index is 745. The summed E-state index contributed by atoms with van der Waals surface area (Å²) in [7, 11) is -3.02. The third kappa shape index (κ3) is 2.67. The molecular formula is C14H18N4O4S. The summed E-state index contributed by atoms with van der Waals surface area (Å²) < 4.78 is 28.6. The first-order valence-corrected chi connectivity index (χ1v) is 9.56. The molecule has 3 aliphatic rings. The van der Waals surface area contributed by atoms with Crippen LogP contribution >= 0.6 is 0 Å². The zero-order chi connectivity index (χ0) is 16.0. The van der Waals surface area contributed by atoms with E-state index in [-0.39, 0.29) is 23.5 Å². The molecule has 0 aliphatic carbocycles. The minimum atomic E-state index is -3.02. The summed E-state index contributed by atoms with van der Waals surface area (Å²) in [5.74, 6) is 0.662. The maximum atomic E-state index is 12.5. The van der Waals surface area contributed by atoms with Crippen molar-refractivity contribution in [2.24, 2.45) is 0 Å². The van der Waals surface area contributed by atoms with Gasteiger partial charge in [0, 0.05) is 25.3 Å². The first-order valence-electron chi connectivity index (χ1n) is 7.73. The standard InChI is InChI=1S/C14H18N4O4S/c19-13-11-7-15-14(17-2-4-22-5-3-17)16-12(11)8-18(13)10-1-6-23(20,21)9-10/h7,10H,1-6,8-9H2/t10-/m1/s1. The van der Waals surface area contributed by atoms with Crippen molar-refractivity contribution in [1.82, 2.24) is 14.9 Å². The quantitative estimate of drug-likeness (QED) is 0.715. The number of sulfone groups is 1. The van der Waals surface area contributed by atoms with Crippen LogP contribution in [0.3, 0.4) is 0 Å². The third-order valence-electron chi connectivity index (χ3n) is 4.61. The molecule has 23 heavy (non-hydrogen) atoms. The molecule has 3 aliphatic heterocycles. The zero-order valence-electron chi connectivity index (χ0n) is 12.6. The number of anilines is 1. The highest BCUT2D eigenvalue weighted by Gasteiger charge is 2.40. The molecule has 1 atom stereocenters. The number of fused-ring (bicyclic) bond motifs is 1. The van der Waals surface area contributed by atoms with Gasteiger partial charge in [0.1, 0.15) is 0 Å². The summed E-state index contributed by atoms with van der Waals surface area (Å²) >= 11 is 0. The first-order chi connectivity index (χ1) is 11.0. The van der Waals surface area contributed by atoms with Gasteiger partial charge in [0.05, 0.1) is 42.5 Å². The number of hydrogen-bond acceptors (Lipinski definition) is 7. The van der Waals surface area contributed by atoms with Gasteiger partial charge >= 0.3 is 0 Å². The number of morpholine rings is 1. The van der Waals surface area contributed by atoms with Crippen LogP contribution in [-0.2, 0) is 21.1 Å². The Kier molecular flexibility index (Phi) is 3.49. The van der Waals surface area contributed by atoms with Gasteiger partial charge in [-0.05, 0) is 6.42 Å². The summed E-state index contributed by atoms with van der Waals surface area (Å²) in [5.41, 5.74) is 1.18. The monoisotopic (exact) mass is 338 g/mol. The van der Waals surface area contributed by atoms with Gasteiger partial charge in [0.15, 0.2) is 9.84 Å². The molecule has 2 saturated heterocycles. The maximum Gasteiger partial charge on any atom is 0.257 e. The fraction of sp³-hybridized carbons (Fsp3) is 0.643. The molecule has 0 saturated carbocycles. The number of carbonyl (C=O) groups excluding carboxylic acids is 1. The van der Waals surface area contributed by atoms with Crippen LogP contribution in [-0.4, -0.2) is 73.0 Å². The molecule has 8 nitrogen and oxygen atoms in total. The molecular weight excluding hydrogens is 320 g/mol. The van der Waals surface area contributed by atoms with Gasteiger partial charge in [-0.1, -0.05) is 0 Å². The Morgan fingerprint density at radius 3 is 2.74 bits per heavy atom. The van der Waals surface area contributed by atoms with Crippen LogP contribution in [0.4, 0.5) is 5.95 Å². The fourth-order valence-electron chi connectivity index (χ4n) is 3.33. The summed E-state index contributed by atoms with van der Waals surface area (Å²) in [4.78, 5) is 25.0. The molecule has 4 heterocycles. The SMILES string of the molecule is O=C1c2cnc(N3CCOCC3)nc2CN1[C@@H]1CCS(=O)(=O)C1. The van der Waals surface area contributed by atoms with E-state index in [0.29, 0.717) is 43.4 Å². The number of hydrogen-bond donors (Lipinski definition) is 0. The Balaban J connectivity index is 1.56. The fourth-order valence-corrected chi connectivity index (χ4v) is 5.06. The Labute approximate surface area is 134 Å². The average molecular weight is 338 g/mol. The normalized spacial score (nSPS) is 26.6. The van der Waals surface area contributed by atoms with Gasteiger partial charge < -0.3 is 14.5 Å². The number of amides is 1. The summed E-state index contributed by atoms with van der Waals surface area (Å²) in [5, 5.41) is 0. The second-order valence-corrected chi connectivity index (χ2v) is 8.35. The minimum Gasteiger partial charge on any atom is -0.378 e. The van der Waals surface area contributed by atoms with Crippen molar-refractivity contribution in [3.63, 3.8) is 0 Å². The lowest BCUT2D eigenvalue weighted by Crippen LogP contribution is -2.37. The van der Waals surface area contributed by atoms with Crippen molar-refractivity contribution in [3.05, 3.63) is 17.5 Å². The molecule has 2 fully saturated rings. The van der Waals surface area contributed by atoms with Crippen LogP contribution in [0.25, 0.3) is 0 Å². The molecule has 1 aromatic heterocycles. The maximum absolute atomic E-state index is 12.5. The highest BCUT2D eigenvalue weighted by atomic mass is 32.2. The van der Waals surface area contributed by atoms with Gasteiger partial charge in [0.2, 0.25) is 5.95 Å². The molecule has 1 amide bonds. The molecule has 0 aromatic carbocycles. The zero-order valence-corrected chi connectivity index (χ0v) is 13.5. The van der Waals surface area contributed by atoms with Gasteiger partial charge in [-0.25, -0.2) is 18.4 Å². The van der Waals surface area contributed by atoms with Crippen LogP contribution in [0.15, 0.2) is 6.20 Å². The van der Waals surface area contributed by atoms with E-state index in [0.717, 1.165) is 13.1 Å². The lowest BCUT2D eigenvalue weighted by Gasteiger charge is -2.26. The number of nitrogens with zero attached hydrogens (tertiary/aromatic N) is 4. The van der Waals surface area contributed by atoms with Crippen molar-refractivity contribution in [2.45, 2.75) is 19.0 Å². The van der Waals surface area contributed by atoms with Crippen LogP contribution < -0.4 is 4.90 Å². The molecule has 0 bridgehead atoms. The largest absolute Gasteiger partial charge is 0.378 e. The van der Waals surface area contributed by atoms with Gasteiger partial charge in [-0.3, -0.25) is 4.79 Å². The van der Waals surface area contributed by atoms with Crippen LogP contribution in [0.5, 0.6) is 0 Å². The predicted molar refractivity (Wildman–Crippen MR) is 82.0 cm³/mol. The van der Waals surface area contributed by atoms with E-state index in [4.69, 9.17) is 4.74 Å². The first kappa shape index (κ1) is 14.8. The summed E-state index contributed by atoms with van der Waals surface area (Å²) in [6.07, 6.45) is 2.07. The van der Waals surface area contributed by atoms with Crippen LogP contribution in [0, 0.1) is 0 Å². The highest BCUT2D eigenvalue weighted by Crippen LogP contribution is 2.28. The summed E-state index contributed by atoms with van der Waals surface area (Å²) in [6, 6.07) is -0.242. The van der Waals surface area contributed by atoms with E-state index in [1.165, 1.54) is 0 Å². The van der Waals surface area contributed by atoms with Crippen LogP contribution in [0.1, 0.15) is 22.5 Å². The third-order valence-corrected chi connectivity index (χ3v) is 6.36. The van der Waals surface area contributed by atoms with Gasteiger partial charge in [0.25, 0.3) is 5.91 Å². The van der Waals surface area contributed by atoms with E-state index in [1.807, 2.05) is 4.90 Å². The van der Waals surface area contributed by atoms with Crippen molar-refractivity contribution in [2.75, 3.05) is 42.7 Å². The molecule has 0 spiro atoms.